The quantitative estimate of drug-likeness (QED) is 0.584. The normalized spacial score (nSPS) is 28.2. The van der Waals surface area contributed by atoms with Gasteiger partial charge in [-0.2, -0.15) is 0 Å². The molecule has 6 heteroatoms. The van der Waals surface area contributed by atoms with Crippen LogP contribution in [-0.2, 0) is 0 Å². The molecule has 3 rings (SSSR count). The van der Waals surface area contributed by atoms with Crippen LogP contribution in [0.1, 0.15) is 19.3 Å². The number of hydrazine groups is 1. The lowest BCUT2D eigenvalue weighted by Crippen LogP contribution is -2.37. The van der Waals surface area contributed by atoms with Crippen LogP contribution in [-0.4, -0.2) is 47.1 Å². The summed E-state index contributed by atoms with van der Waals surface area (Å²) in [4.78, 5) is 13.3. The van der Waals surface area contributed by atoms with Gasteiger partial charge in [-0.25, -0.2) is 15.8 Å². The molecule has 2 bridgehead atoms. The van der Waals surface area contributed by atoms with E-state index in [4.69, 9.17) is 5.84 Å². The fourth-order valence-electron chi connectivity index (χ4n) is 3.12. The molecule has 1 aromatic rings. The highest BCUT2D eigenvalue weighted by Crippen LogP contribution is 2.30. The molecule has 0 aromatic carbocycles. The van der Waals surface area contributed by atoms with Crippen molar-refractivity contribution in [3.63, 3.8) is 0 Å². The van der Waals surface area contributed by atoms with Crippen molar-refractivity contribution in [1.82, 2.24) is 14.9 Å². The zero-order valence-electron chi connectivity index (χ0n) is 10.7. The second kappa shape index (κ2) is 4.70. The van der Waals surface area contributed by atoms with Gasteiger partial charge in [-0.05, 0) is 26.3 Å². The molecule has 1 aromatic heterocycles. The van der Waals surface area contributed by atoms with Gasteiger partial charge in [0.05, 0.1) is 0 Å². The Bertz CT molecular complexity index is 423. The number of nitrogens with two attached hydrogens (primary N) is 1. The van der Waals surface area contributed by atoms with Crippen molar-refractivity contribution in [2.45, 2.75) is 31.3 Å². The fraction of sp³-hybridized carbons (Fsp3) is 0.667. The summed E-state index contributed by atoms with van der Waals surface area (Å²) in [6, 6.07) is 3.31. The molecule has 0 radical (unpaired) electrons. The highest BCUT2D eigenvalue weighted by atomic mass is 15.3. The second-order valence-electron chi connectivity index (χ2n) is 5.19. The number of likely N-dealkylation sites (N-methyl/N-ethyl adjacent to an activating group) is 1. The van der Waals surface area contributed by atoms with Crippen molar-refractivity contribution in [2.75, 3.05) is 30.5 Å². The topological polar surface area (TPSA) is 70.3 Å². The first kappa shape index (κ1) is 11.7. The predicted octanol–water partition coefficient (Wildman–Crippen LogP) is 0.435. The lowest BCUT2D eigenvalue weighted by Gasteiger charge is -2.26. The molecule has 2 saturated heterocycles. The molecular formula is C12H20N6. The van der Waals surface area contributed by atoms with Crippen molar-refractivity contribution < 1.29 is 0 Å². The first-order chi connectivity index (χ1) is 8.78. The molecule has 0 aliphatic carbocycles. The minimum Gasteiger partial charge on any atom is -0.355 e. The van der Waals surface area contributed by atoms with Gasteiger partial charge in [-0.15, -0.1) is 0 Å². The van der Waals surface area contributed by atoms with Crippen LogP contribution in [0, 0.1) is 0 Å². The third kappa shape index (κ3) is 2.02. The molecule has 0 spiro atoms. The summed E-state index contributed by atoms with van der Waals surface area (Å²) in [5.41, 5.74) is 2.58. The number of anilines is 2. The van der Waals surface area contributed by atoms with Gasteiger partial charge in [0.15, 0.2) is 0 Å². The van der Waals surface area contributed by atoms with E-state index in [0.29, 0.717) is 11.9 Å². The van der Waals surface area contributed by atoms with Crippen molar-refractivity contribution in [3.05, 3.63) is 12.4 Å². The van der Waals surface area contributed by atoms with Crippen LogP contribution in [0.15, 0.2) is 12.4 Å². The zero-order valence-corrected chi connectivity index (χ0v) is 10.7. The van der Waals surface area contributed by atoms with Crippen LogP contribution < -0.4 is 16.2 Å². The first-order valence-corrected chi connectivity index (χ1v) is 6.53. The summed E-state index contributed by atoms with van der Waals surface area (Å²) in [5, 5.41) is 0. The van der Waals surface area contributed by atoms with E-state index in [1.807, 2.05) is 6.07 Å². The van der Waals surface area contributed by atoms with E-state index in [2.05, 4.69) is 32.2 Å². The summed E-state index contributed by atoms with van der Waals surface area (Å²) >= 11 is 0. The number of fused-ring (bicyclic) bond motifs is 2. The maximum absolute atomic E-state index is 5.39. The van der Waals surface area contributed by atoms with Gasteiger partial charge in [0, 0.05) is 31.2 Å². The Balaban J connectivity index is 1.80. The number of nitrogens with zero attached hydrogens (tertiary/aromatic N) is 4. The zero-order chi connectivity index (χ0) is 12.5. The van der Waals surface area contributed by atoms with Gasteiger partial charge in [0.1, 0.15) is 18.0 Å². The van der Waals surface area contributed by atoms with Gasteiger partial charge in [0.25, 0.3) is 0 Å². The molecule has 2 unspecified atom stereocenters. The maximum Gasteiger partial charge on any atom is 0.145 e. The van der Waals surface area contributed by atoms with Crippen LogP contribution in [0.5, 0.6) is 0 Å². The average Bonchev–Trinajstić information content (AvgIpc) is 2.63. The van der Waals surface area contributed by atoms with Gasteiger partial charge >= 0.3 is 0 Å². The number of nitrogens with one attached hydrogen (secondary N) is 1. The Kier molecular flexibility index (Phi) is 3.05. The molecule has 98 valence electrons. The molecule has 2 aliphatic rings. The predicted molar refractivity (Wildman–Crippen MR) is 71.2 cm³/mol. The number of rotatable bonds is 2. The van der Waals surface area contributed by atoms with Crippen LogP contribution in [0.3, 0.4) is 0 Å². The van der Waals surface area contributed by atoms with Crippen molar-refractivity contribution in [2.24, 2.45) is 5.84 Å². The average molecular weight is 248 g/mol. The summed E-state index contributed by atoms with van der Waals surface area (Å²) in [6.07, 6.45) is 5.42. The lowest BCUT2D eigenvalue weighted by atomic mass is 10.1. The van der Waals surface area contributed by atoms with E-state index in [-0.39, 0.29) is 0 Å². The molecule has 2 fully saturated rings. The maximum atomic E-state index is 5.39. The highest BCUT2D eigenvalue weighted by molar-refractivity contribution is 5.48. The standard InChI is InChI=1S/C12H20N6/c1-17-9-2-3-10(17)7-18(5-4-9)12-6-11(16-13)14-8-15-12/h6,8-10H,2-5,7,13H2,1H3,(H,14,15,16). The molecule has 3 N–H and O–H groups in total. The highest BCUT2D eigenvalue weighted by Gasteiger charge is 2.34. The van der Waals surface area contributed by atoms with E-state index < -0.39 is 0 Å². The van der Waals surface area contributed by atoms with E-state index in [1.165, 1.54) is 19.3 Å². The van der Waals surface area contributed by atoms with Gasteiger partial charge < -0.3 is 10.3 Å². The second-order valence-corrected chi connectivity index (χ2v) is 5.19. The third-order valence-electron chi connectivity index (χ3n) is 4.27. The van der Waals surface area contributed by atoms with Crippen LogP contribution in [0.2, 0.25) is 0 Å². The Morgan fingerprint density at radius 1 is 1.28 bits per heavy atom. The molecule has 18 heavy (non-hydrogen) atoms. The van der Waals surface area contributed by atoms with E-state index in [1.54, 1.807) is 6.33 Å². The summed E-state index contributed by atoms with van der Waals surface area (Å²) in [6.45, 7) is 2.11. The van der Waals surface area contributed by atoms with E-state index >= 15 is 0 Å². The third-order valence-corrected chi connectivity index (χ3v) is 4.27. The van der Waals surface area contributed by atoms with E-state index in [0.717, 1.165) is 24.9 Å². The fourth-order valence-corrected chi connectivity index (χ4v) is 3.12. The monoisotopic (exact) mass is 248 g/mol. The minimum absolute atomic E-state index is 0.654. The molecule has 0 amide bonds. The molecular weight excluding hydrogens is 228 g/mol. The number of nitrogen functional groups attached to an aromatic ring is 1. The summed E-state index contributed by atoms with van der Waals surface area (Å²) in [5.74, 6) is 7.04. The van der Waals surface area contributed by atoms with Gasteiger partial charge in [0.2, 0.25) is 0 Å². The number of hydrogen-bond donors (Lipinski definition) is 2. The smallest absolute Gasteiger partial charge is 0.145 e. The molecule has 0 saturated carbocycles. The number of hydrogen-bond acceptors (Lipinski definition) is 6. The molecule has 2 aliphatic heterocycles. The SMILES string of the molecule is CN1C2CCC1CN(c1cc(NN)ncn1)CC2. The molecule has 6 nitrogen and oxygen atoms in total. The van der Waals surface area contributed by atoms with E-state index in [9.17, 15) is 0 Å². The van der Waals surface area contributed by atoms with Gasteiger partial charge in [-0.3, -0.25) is 4.90 Å². The Labute approximate surface area is 107 Å². The lowest BCUT2D eigenvalue weighted by molar-refractivity contribution is 0.254. The Morgan fingerprint density at radius 3 is 2.94 bits per heavy atom. The Morgan fingerprint density at radius 2 is 2.11 bits per heavy atom. The van der Waals surface area contributed by atoms with Crippen molar-refractivity contribution in [3.8, 4) is 0 Å². The van der Waals surface area contributed by atoms with Crippen molar-refractivity contribution >= 4 is 11.6 Å². The largest absolute Gasteiger partial charge is 0.355 e. The Hall–Kier alpha value is -1.40. The summed E-state index contributed by atoms with van der Waals surface area (Å²) in [7, 11) is 2.25. The molecule has 3 heterocycles. The van der Waals surface area contributed by atoms with Crippen molar-refractivity contribution in [1.29, 1.82) is 0 Å². The summed E-state index contributed by atoms with van der Waals surface area (Å²) < 4.78 is 0. The van der Waals surface area contributed by atoms with Crippen LogP contribution in [0.25, 0.3) is 0 Å². The molecule has 2 atom stereocenters. The van der Waals surface area contributed by atoms with Gasteiger partial charge in [-0.1, -0.05) is 0 Å². The van der Waals surface area contributed by atoms with Crippen LogP contribution in [0.4, 0.5) is 11.6 Å². The first-order valence-electron chi connectivity index (χ1n) is 6.53. The minimum atomic E-state index is 0.654. The van der Waals surface area contributed by atoms with Crippen LogP contribution >= 0.6 is 0 Å². The number of aromatic nitrogens is 2.